The minimum Gasteiger partial charge on any atom is -0.491 e. The fourth-order valence-corrected chi connectivity index (χ4v) is 4.51. The predicted molar refractivity (Wildman–Crippen MR) is 136 cm³/mol. The first-order valence-electron chi connectivity index (χ1n) is 11.9. The highest BCUT2D eigenvalue weighted by molar-refractivity contribution is 5.84. The number of ether oxygens (including phenoxy) is 2. The molecule has 5 rings (SSSR count). The Morgan fingerprint density at radius 1 is 1.09 bits per heavy atom. The van der Waals surface area contributed by atoms with Gasteiger partial charge in [-0.3, -0.25) is 9.36 Å². The summed E-state index contributed by atoms with van der Waals surface area (Å²) in [4.78, 5) is 23.3. The Labute approximate surface area is 203 Å². The van der Waals surface area contributed by atoms with Crippen LogP contribution in [0.25, 0.3) is 27.8 Å². The number of rotatable bonds is 8. The number of carbonyl (C=O) groups is 1. The van der Waals surface area contributed by atoms with Crippen molar-refractivity contribution in [2.24, 2.45) is 5.73 Å². The molecule has 1 amide bonds. The molecule has 3 N–H and O–H groups in total. The molecule has 0 saturated carbocycles. The number of piperidine rings is 1. The van der Waals surface area contributed by atoms with E-state index in [1.165, 1.54) is 5.69 Å². The van der Waals surface area contributed by atoms with Gasteiger partial charge in [0.15, 0.2) is 0 Å². The number of imidazole rings is 1. The second-order valence-electron chi connectivity index (χ2n) is 8.69. The van der Waals surface area contributed by atoms with Crippen molar-refractivity contribution >= 4 is 33.5 Å². The minimum atomic E-state index is -0.0856. The highest BCUT2D eigenvalue weighted by Crippen LogP contribution is 2.27. The summed E-state index contributed by atoms with van der Waals surface area (Å²) >= 11 is 0. The van der Waals surface area contributed by atoms with E-state index in [1.807, 2.05) is 28.8 Å². The van der Waals surface area contributed by atoms with Crippen LogP contribution in [0.15, 0.2) is 54.9 Å². The number of hydrogen-bond acceptors (Lipinski definition) is 7. The van der Waals surface area contributed by atoms with Crippen LogP contribution in [0.4, 0.5) is 5.69 Å². The van der Waals surface area contributed by atoms with E-state index in [2.05, 4.69) is 39.5 Å². The van der Waals surface area contributed by atoms with Gasteiger partial charge in [0.05, 0.1) is 29.7 Å². The molecule has 182 valence electrons. The maximum absolute atomic E-state index is 11.6. The first-order chi connectivity index (χ1) is 17.1. The first-order valence-corrected chi connectivity index (χ1v) is 11.9. The number of benzene rings is 2. The summed E-state index contributed by atoms with van der Waals surface area (Å²) in [5.74, 6) is 1.50. The third-order valence-electron chi connectivity index (χ3n) is 6.39. The van der Waals surface area contributed by atoms with Gasteiger partial charge in [-0.1, -0.05) is 0 Å². The molecule has 1 aliphatic rings. The lowest BCUT2D eigenvalue weighted by Crippen LogP contribution is -2.46. The molecule has 4 aromatic rings. The number of nitrogens with one attached hydrogen (secondary N) is 1. The summed E-state index contributed by atoms with van der Waals surface area (Å²) in [5, 5.41) is 4.08. The highest BCUT2D eigenvalue weighted by Gasteiger charge is 2.20. The molecule has 0 atom stereocenters. The summed E-state index contributed by atoms with van der Waals surface area (Å²) in [7, 11) is 1.65. The van der Waals surface area contributed by atoms with E-state index in [4.69, 9.17) is 20.2 Å². The number of anilines is 1. The molecule has 0 aliphatic carbocycles. The van der Waals surface area contributed by atoms with Crippen molar-refractivity contribution in [2.75, 3.05) is 44.9 Å². The van der Waals surface area contributed by atoms with Crippen molar-refractivity contribution in [3.63, 3.8) is 0 Å². The van der Waals surface area contributed by atoms with Crippen LogP contribution in [0.5, 0.6) is 5.75 Å². The molecule has 9 nitrogen and oxygen atoms in total. The van der Waals surface area contributed by atoms with E-state index in [1.54, 1.807) is 13.4 Å². The van der Waals surface area contributed by atoms with Crippen LogP contribution < -0.4 is 20.7 Å². The number of methoxy groups -OCH3 is 1. The lowest BCUT2D eigenvalue weighted by molar-refractivity contribution is -0.120. The van der Waals surface area contributed by atoms with Gasteiger partial charge in [-0.2, -0.15) is 0 Å². The molecular weight excluding hydrogens is 444 g/mol. The highest BCUT2D eigenvalue weighted by atomic mass is 16.5. The van der Waals surface area contributed by atoms with Crippen molar-refractivity contribution in [3.8, 4) is 11.6 Å². The van der Waals surface area contributed by atoms with Crippen LogP contribution in [-0.4, -0.2) is 66.4 Å². The molecule has 3 heterocycles. The Bertz CT molecular complexity index is 1330. The van der Waals surface area contributed by atoms with Gasteiger partial charge in [0.1, 0.15) is 24.5 Å². The summed E-state index contributed by atoms with van der Waals surface area (Å²) in [6.45, 7) is 2.87. The molecule has 35 heavy (non-hydrogen) atoms. The quantitative estimate of drug-likeness (QED) is 0.378. The van der Waals surface area contributed by atoms with Gasteiger partial charge < -0.3 is 25.4 Å². The topological polar surface area (TPSA) is 108 Å². The molecule has 1 aliphatic heterocycles. The van der Waals surface area contributed by atoms with Gasteiger partial charge in [0.25, 0.3) is 0 Å². The van der Waals surface area contributed by atoms with E-state index < -0.39 is 0 Å². The third kappa shape index (κ3) is 5.06. The molecule has 0 bridgehead atoms. The Balaban J connectivity index is 1.31. The maximum atomic E-state index is 11.6. The molecule has 1 fully saturated rings. The molecule has 0 spiro atoms. The largest absolute Gasteiger partial charge is 0.491 e. The first kappa shape index (κ1) is 23.1. The molecule has 1 saturated heterocycles. The van der Waals surface area contributed by atoms with Crippen LogP contribution in [0.3, 0.4) is 0 Å². The van der Waals surface area contributed by atoms with Crippen molar-refractivity contribution in [3.05, 3.63) is 54.9 Å². The predicted octanol–water partition coefficient (Wildman–Crippen LogP) is 2.64. The smallest absolute Gasteiger partial charge is 0.233 e. The summed E-state index contributed by atoms with van der Waals surface area (Å²) in [6.07, 6.45) is 3.61. The average molecular weight is 475 g/mol. The van der Waals surface area contributed by atoms with E-state index in [0.29, 0.717) is 13.2 Å². The Morgan fingerprint density at radius 2 is 1.94 bits per heavy atom. The molecule has 0 radical (unpaired) electrons. The van der Waals surface area contributed by atoms with Gasteiger partial charge in [0.2, 0.25) is 5.91 Å². The molecule has 2 aromatic heterocycles. The normalized spacial score (nSPS) is 14.5. The number of nitrogens with two attached hydrogens (primary N) is 1. The second kappa shape index (κ2) is 10.3. The van der Waals surface area contributed by atoms with Gasteiger partial charge >= 0.3 is 0 Å². The van der Waals surface area contributed by atoms with Crippen molar-refractivity contribution in [2.45, 2.75) is 18.9 Å². The summed E-state index contributed by atoms with van der Waals surface area (Å²) in [5.41, 5.74) is 9.33. The lowest BCUT2D eigenvalue weighted by Gasteiger charge is -2.34. The standard InChI is InChI=1S/C26H30N6O3/c1-34-12-13-35-21-4-6-24-23(15-21)28-17-32(24)25-7-2-18-14-20(3-5-22(18)30-25)31-10-8-19(9-11-31)29-26(33)16-27/h2-7,14-15,17,19H,8-13,16,27H2,1H3,(H,29,33). The number of amides is 1. The third-order valence-corrected chi connectivity index (χ3v) is 6.39. The number of carbonyl (C=O) groups excluding carboxylic acids is 1. The Hall–Kier alpha value is -3.69. The van der Waals surface area contributed by atoms with E-state index in [-0.39, 0.29) is 18.5 Å². The monoisotopic (exact) mass is 474 g/mol. The van der Waals surface area contributed by atoms with Gasteiger partial charge in [-0.25, -0.2) is 9.97 Å². The van der Waals surface area contributed by atoms with Gasteiger partial charge in [0, 0.05) is 43.4 Å². The zero-order valence-corrected chi connectivity index (χ0v) is 19.8. The van der Waals surface area contributed by atoms with Crippen LogP contribution in [0, 0.1) is 0 Å². The molecular formula is C26H30N6O3. The minimum absolute atomic E-state index is 0.0408. The van der Waals surface area contributed by atoms with Gasteiger partial charge in [-0.15, -0.1) is 0 Å². The van der Waals surface area contributed by atoms with Crippen molar-refractivity contribution in [1.82, 2.24) is 19.9 Å². The Kier molecular flexibility index (Phi) is 6.78. The van der Waals surface area contributed by atoms with Crippen LogP contribution in [0.1, 0.15) is 12.8 Å². The van der Waals surface area contributed by atoms with E-state index in [9.17, 15) is 4.79 Å². The number of fused-ring (bicyclic) bond motifs is 2. The molecule has 9 heteroatoms. The van der Waals surface area contributed by atoms with E-state index >= 15 is 0 Å². The summed E-state index contributed by atoms with van der Waals surface area (Å²) in [6, 6.07) is 16.6. The van der Waals surface area contributed by atoms with Crippen molar-refractivity contribution < 1.29 is 14.3 Å². The maximum Gasteiger partial charge on any atom is 0.233 e. The van der Waals surface area contributed by atoms with Gasteiger partial charge in [-0.05, 0) is 55.3 Å². The van der Waals surface area contributed by atoms with Crippen LogP contribution >= 0.6 is 0 Å². The zero-order chi connectivity index (χ0) is 24.2. The van der Waals surface area contributed by atoms with Crippen LogP contribution in [-0.2, 0) is 9.53 Å². The second-order valence-corrected chi connectivity index (χ2v) is 8.69. The van der Waals surface area contributed by atoms with E-state index in [0.717, 1.165) is 59.4 Å². The Morgan fingerprint density at radius 3 is 2.74 bits per heavy atom. The lowest BCUT2D eigenvalue weighted by atomic mass is 10.0. The van der Waals surface area contributed by atoms with Crippen molar-refractivity contribution in [1.29, 1.82) is 0 Å². The number of nitrogens with zero attached hydrogens (tertiary/aromatic N) is 4. The number of aromatic nitrogens is 3. The summed E-state index contributed by atoms with van der Waals surface area (Å²) < 4.78 is 12.7. The SMILES string of the molecule is COCCOc1ccc2c(c1)ncn2-c1ccc2cc(N3CCC(NC(=O)CN)CC3)ccc2n1. The molecule has 2 aromatic carbocycles. The number of pyridine rings is 1. The fraction of sp³-hybridized carbons (Fsp3) is 0.346. The molecule has 0 unspecified atom stereocenters. The average Bonchev–Trinajstić information content (AvgIpc) is 3.32. The zero-order valence-electron chi connectivity index (χ0n) is 19.8. The van der Waals surface area contributed by atoms with Crippen LogP contribution in [0.2, 0.25) is 0 Å². The number of hydrogen-bond donors (Lipinski definition) is 2. The fourth-order valence-electron chi connectivity index (χ4n) is 4.51.